The van der Waals surface area contributed by atoms with Crippen LogP contribution in [0.3, 0.4) is 0 Å². The molecule has 0 aliphatic carbocycles. The number of carbonyl (C=O) groups excluding carboxylic acids is 1. The predicted molar refractivity (Wildman–Crippen MR) is 99.5 cm³/mol. The standard InChI is InChI=1S/C21H33NO2/c1-19(2,3)16-11-9-15(10-12-16)18(23)24-17-13-20(4,5)22(8)21(6,7)14-17/h9-12,17H,13-14H2,1-8H3. The highest BCUT2D eigenvalue weighted by Gasteiger charge is 2.44. The Labute approximate surface area is 147 Å². The van der Waals surface area contributed by atoms with E-state index in [9.17, 15) is 4.79 Å². The van der Waals surface area contributed by atoms with Crippen molar-refractivity contribution in [3.05, 3.63) is 35.4 Å². The second-order valence-electron chi connectivity index (χ2n) is 9.45. The fourth-order valence-corrected chi connectivity index (χ4v) is 3.69. The largest absolute Gasteiger partial charge is 0.459 e. The molecule has 1 heterocycles. The number of hydrogen-bond acceptors (Lipinski definition) is 3. The van der Waals surface area contributed by atoms with Crippen molar-refractivity contribution < 1.29 is 9.53 Å². The van der Waals surface area contributed by atoms with Gasteiger partial charge in [0.15, 0.2) is 0 Å². The number of hydrogen-bond donors (Lipinski definition) is 0. The van der Waals surface area contributed by atoms with Gasteiger partial charge in [-0.05, 0) is 57.9 Å². The minimum atomic E-state index is -0.211. The van der Waals surface area contributed by atoms with Gasteiger partial charge in [0, 0.05) is 23.9 Å². The monoisotopic (exact) mass is 331 g/mol. The molecule has 0 atom stereocenters. The van der Waals surface area contributed by atoms with Gasteiger partial charge >= 0.3 is 5.97 Å². The van der Waals surface area contributed by atoms with Crippen LogP contribution in [0.5, 0.6) is 0 Å². The maximum Gasteiger partial charge on any atom is 0.338 e. The van der Waals surface area contributed by atoms with Crippen molar-refractivity contribution >= 4 is 5.97 Å². The molecular formula is C21H33NO2. The number of benzene rings is 1. The summed E-state index contributed by atoms with van der Waals surface area (Å²) in [5.74, 6) is -0.211. The molecule has 0 spiro atoms. The summed E-state index contributed by atoms with van der Waals surface area (Å²) in [7, 11) is 2.16. The summed E-state index contributed by atoms with van der Waals surface area (Å²) < 4.78 is 5.86. The van der Waals surface area contributed by atoms with Crippen LogP contribution in [0.4, 0.5) is 0 Å². The Hall–Kier alpha value is -1.35. The fraction of sp³-hybridized carbons (Fsp3) is 0.667. The summed E-state index contributed by atoms with van der Waals surface area (Å²) in [6.45, 7) is 15.4. The van der Waals surface area contributed by atoms with E-state index in [1.165, 1.54) is 5.56 Å². The maximum absolute atomic E-state index is 12.5. The Balaban J connectivity index is 2.10. The van der Waals surface area contributed by atoms with Gasteiger partial charge in [-0.3, -0.25) is 4.90 Å². The van der Waals surface area contributed by atoms with Crippen LogP contribution in [-0.2, 0) is 10.2 Å². The lowest BCUT2D eigenvalue weighted by atomic mass is 9.78. The number of esters is 1. The van der Waals surface area contributed by atoms with Crippen LogP contribution in [0, 0.1) is 0 Å². The van der Waals surface area contributed by atoms with Crippen molar-refractivity contribution in [1.82, 2.24) is 4.90 Å². The fourth-order valence-electron chi connectivity index (χ4n) is 3.69. The molecule has 3 nitrogen and oxygen atoms in total. The van der Waals surface area contributed by atoms with Gasteiger partial charge in [-0.1, -0.05) is 32.9 Å². The summed E-state index contributed by atoms with van der Waals surface area (Å²) in [5.41, 5.74) is 1.98. The molecule has 0 bridgehead atoms. The van der Waals surface area contributed by atoms with E-state index in [0.29, 0.717) is 5.56 Å². The summed E-state index contributed by atoms with van der Waals surface area (Å²) in [5, 5.41) is 0. The highest BCUT2D eigenvalue weighted by molar-refractivity contribution is 5.89. The van der Waals surface area contributed by atoms with E-state index >= 15 is 0 Å². The summed E-state index contributed by atoms with van der Waals surface area (Å²) in [6, 6.07) is 7.82. The first kappa shape index (κ1) is 19.0. The molecule has 2 rings (SSSR count). The third-order valence-corrected chi connectivity index (χ3v) is 5.53. The zero-order valence-electron chi connectivity index (χ0n) is 16.6. The van der Waals surface area contributed by atoms with E-state index in [4.69, 9.17) is 4.74 Å². The van der Waals surface area contributed by atoms with Crippen LogP contribution in [0.1, 0.15) is 77.2 Å². The molecule has 24 heavy (non-hydrogen) atoms. The van der Waals surface area contributed by atoms with Gasteiger partial charge in [-0.2, -0.15) is 0 Å². The van der Waals surface area contributed by atoms with Gasteiger partial charge in [-0.15, -0.1) is 0 Å². The van der Waals surface area contributed by atoms with Crippen LogP contribution in [0.25, 0.3) is 0 Å². The van der Waals surface area contributed by atoms with Gasteiger partial charge in [0.2, 0.25) is 0 Å². The van der Waals surface area contributed by atoms with Crippen molar-refractivity contribution in [1.29, 1.82) is 0 Å². The Kier molecular flexibility index (Phi) is 4.89. The normalized spacial score (nSPS) is 21.5. The zero-order valence-corrected chi connectivity index (χ0v) is 16.6. The molecule has 134 valence electrons. The third-order valence-electron chi connectivity index (χ3n) is 5.53. The van der Waals surface area contributed by atoms with E-state index < -0.39 is 0 Å². The van der Waals surface area contributed by atoms with Crippen molar-refractivity contribution in [2.45, 2.75) is 83.9 Å². The molecule has 1 aromatic carbocycles. The molecule has 0 radical (unpaired) electrons. The van der Waals surface area contributed by atoms with Crippen molar-refractivity contribution in [3.8, 4) is 0 Å². The summed E-state index contributed by atoms with van der Waals surface area (Å²) >= 11 is 0. The topological polar surface area (TPSA) is 29.5 Å². The predicted octanol–water partition coefficient (Wildman–Crippen LogP) is 4.79. The Morgan fingerprint density at radius 3 is 1.92 bits per heavy atom. The number of rotatable bonds is 2. The van der Waals surface area contributed by atoms with Crippen LogP contribution >= 0.6 is 0 Å². The average Bonchev–Trinajstić information content (AvgIpc) is 2.43. The molecule has 0 N–H and O–H groups in total. The second-order valence-corrected chi connectivity index (χ2v) is 9.45. The number of nitrogens with zero attached hydrogens (tertiary/aromatic N) is 1. The minimum Gasteiger partial charge on any atom is -0.459 e. The van der Waals surface area contributed by atoms with Gasteiger partial charge in [0.1, 0.15) is 6.10 Å². The number of ether oxygens (including phenoxy) is 1. The summed E-state index contributed by atoms with van der Waals surface area (Å²) in [4.78, 5) is 14.9. The van der Waals surface area contributed by atoms with Crippen LogP contribution in [-0.4, -0.2) is 35.1 Å². The molecule has 0 aromatic heterocycles. The summed E-state index contributed by atoms with van der Waals surface area (Å²) in [6.07, 6.45) is 1.68. The molecule has 1 aromatic rings. The van der Waals surface area contributed by atoms with Crippen molar-refractivity contribution in [2.24, 2.45) is 0 Å². The molecule has 0 unspecified atom stereocenters. The van der Waals surface area contributed by atoms with E-state index in [1.807, 2.05) is 24.3 Å². The molecule has 1 saturated heterocycles. The smallest absolute Gasteiger partial charge is 0.338 e. The van der Waals surface area contributed by atoms with Crippen LogP contribution in [0.15, 0.2) is 24.3 Å². The van der Waals surface area contributed by atoms with Gasteiger partial charge in [-0.25, -0.2) is 4.79 Å². The van der Waals surface area contributed by atoms with Gasteiger partial charge < -0.3 is 4.74 Å². The lowest BCUT2D eigenvalue weighted by Crippen LogP contribution is -2.60. The van der Waals surface area contributed by atoms with E-state index in [-0.39, 0.29) is 28.6 Å². The Morgan fingerprint density at radius 1 is 1.04 bits per heavy atom. The Morgan fingerprint density at radius 2 is 1.50 bits per heavy atom. The Bertz CT molecular complexity index is 575. The maximum atomic E-state index is 12.5. The highest BCUT2D eigenvalue weighted by atomic mass is 16.5. The molecule has 0 amide bonds. The van der Waals surface area contributed by atoms with Crippen molar-refractivity contribution in [2.75, 3.05) is 7.05 Å². The SMILES string of the molecule is CN1C(C)(C)CC(OC(=O)c2ccc(C(C)(C)C)cc2)CC1(C)C. The first-order chi connectivity index (χ1) is 10.8. The number of carbonyl (C=O) groups is 1. The average molecular weight is 332 g/mol. The minimum absolute atomic E-state index is 0.0167. The van der Waals surface area contributed by atoms with E-state index in [1.54, 1.807) is 0 Å². The zero-order chi connectivity index (χ0) is 18.3. The molecule has 1 fully saturated rings. The first-order valence-corrected chi connectivity index (χ1v) is 8.88. The third kappa shape index (κ3) is 4.00. The van der Waals surface area contributed by atoms with Crippen molar-refractivity contribution in [3.63, 3.8) is 0 Å². The van der Waals surface area contributed by atoms with Crippen LogP contribution in [0.2, 0.25) is 0 Å². The highest BCUT2D eigenvalue weighted by Crippen LogP contribution is 2.38. The van der Waals surface area contributed by atoms with E-state index in [2.05, 4.69) is 60.4 Å². The lowest BCUT2D eigenvalue weighted by molar-refractivity contribution is -0.0732. The van der Waals surface area contributed by atoms with Gasteiger partial charge in [0.05, 0.1) is 5.56 Å². The van der Waals surface area contributed by atoms with E-state index in [0.717, 1.165) is 12.8 Å². The first-order valence-electron chi connectivity index (χ1n) is 8.88. The molecule has 1 aliphatic rings. The lowest BCUT2D eigenvalue weighted by Gasteiger charge is -2.53. The second kappa shape index (κ2) is 6.18. The number of likely N-dealkylation sites (tertiary alicyclic amines) is 1. The molecular weight excluding hydrogens is 298 g/mol. The molecule has 3 heteroatoms. The molecule has 1 aliphatic heterocycles. The van der Waals surface area contributed by atoms with Crippen LogP contribution < -0.4 is 0 Å². The number of piperidine rings is 1. The quantitative estimate of drug-likeness (QED) is 0.730. The molecule has 0 saturated carbocycles. The van der Waals surface area contributed by atoms with Gasteiger partial charge in [0.25, 0.3) is 0 Å².